The smallest absolute Gasteiger partial charge is 0.178 e. The molecule has 1 aliphatic heterocycles. The summed E-state index contributed by atoms with van der Waals surface area (Å²) >= 11 is 0. The third-order valence-electron chi connectivity index (χ3n) is 5.02. The summed E-state index contributed by atoms with van der Waals surface area (Å²) in [5, 5.41) is 3.48. The molecule has 1 fully saturated rings. The predicted octanol–water partition coefficient (Wildman–Crippen LogP) is 3.07. The molecule has 3 rings (SSSR count). The van der Waals surface area contributed by atoms with Crippen molar-refractivity contribution in [3.05, 3.63) is 29.6 Å². The van der Waals surface area contributed by atoms with E-state index in [1.54, 1.807) is 0 Å². The minimum absolute atomic E-state index is 0.0491. The van der Waals surface area contributed by atoms with E-state index in [0.717, 1.165) is 12.5 Å². The maximum absolute atomic E-state index is 13.5. The number of rotatable bonds is 3. The standard InChI is InChI=1S/C16H22FNO2S/c1-11-3-2-4-12(11)10-18-15-7-8-21(19,20)16-6-5-13(17)9-14(15)16/h5-6,9,11-12,15,18H,2-4,7-8,10H2,1H3. The van der Waals surface area contributed by atoms with Crippen LogP contribution in [0.5, 0.6) is 0 Å². The molecular weight excluding hydrogens is 289 g/mol. The third-order valence-corrected chi connectivity index (χ3v) is 6.84. The van der Waals surface area contributed by atoms with Gasteiger partial charge in [0, 0.05) is 6.04 Å². The number of hydrogen-bond donors (Lipinski definition) is 1. The lowest BCUT2D eigenvalue weighted by molar-refractivity contribution is 0.361. The highest BCUT2D eigenvalue weighted by atomic mass is 32.2. The van der Waals surface area contributed by atoms with Crippen molar-refractivity contribution >= 4 is 9.84 Å². The summed E-state index contributed by atoms with van der Waals surface area (Å²) in [7, 11) is -3.25. The fourth-order valence-corrected chi connectivity index (χ4v) is 5.25. The normalized spacial score (nSPS) is 31.0. The summed E-state index contributed by atoms with van der Waals surface area (Å²) in [5.74, 6) is 1.15. The van der Waals surface area contributed by atoms with Gasteiger partial charge in [-0.1, -0.05) is 19.8 Å². The molecule has 5 heteroatoms. The number of halogens is 1. The number of sulfone groups is 1. The number of fused-ring (bicyclic) bond motifs is 1. The summed E-state index contributed by atoms with van der Waals surface area (Å²) < 4.78 is 37.7. The van der Waals surface area contributed by atoms with Gasteiger partial charge in [0.05, 0.1) is 10.6 Å². The Hall–Kier alpha value is -0.940. The van der Waals surface area contributed by atoms with Crippen LogP contribution in [0, 0.1) is 17.7 Å². The van der Waals surface area contributed by atoms with E-state index in [-0.39, 0.29) is 17.6 Å². The molecular formula is C16H22FNO2S. The van der Waals surface area contributed by atoms with Gasteiger partial charge < -0.3 is 5.32 Å². The van der Waals surface area contributed by atoms with Gasteiger partial charge in [0.2, 0.25) is 0 Å². The minimum Gasteiger partial charge on any atom is -0.310 e. The summed E-state index contributed by atoms with van der Waals surface area (Å²) in [6.07, 6.45) is 4.31. The lowest BCUT2D eigenvalue weighted by Gasteiger charge is -2.28. The first-order valence-electron chi connectivity index (χ1n) is 7.73. The second-order valence-corrected chi connectivity index (χ2v) is 8.50. The average molecular weight is 311 g/mol. The molecule has 0 aromatic heterocycles. The molecule has 1 aromatic carbocycles. The molecule has 1 aromatic rings. The summed E-state index contributed by atoms with van der Waals surface area (Å²) in [6, 6.07) is 3.97. The molecule has 116 valence electrons. The fourth-order valence-electron chi connectivity index (χ4n) is 3.64. The molecule has 21 heavy (non-hydrogen) atoms. The van der Waals surface area contributed by atoms with Crippen molar-refractivity contribution in [3.63, 3.8) is 0 Å². The summed E-state index contributed by atoms with van der Waals surface area (Å²) in [5.41, 5.74) is 0.604. The highest BCUT2D eigenvalue weighted by Gasteiger charge is 2.31. The summed E-state index contributed by atoms with van der Waals surface area (Å²) in [6.45, 7) is 3.17. The van der Waals surface area contributed by atoms with E-state index in [0.29, 0.717) is 22.8 Å². The van der Waals surface area contributed by atoms with Crippen molar-refractivity contribution in [1.82, 2.24) is 5.32 Å². The van der Waals surface area contributed by atoms with Gasteiger partial charge in [0.15, 0.2) is 9.84 Å². The van der Waals surface area contributed by atoms with Gasteiger partial charge in [-0.3, -0.25) is 0 Å². The second kappa shape index (κ2) is 5.69. The zero-order valence-electron chi connectivity index (χ0n) is 12.3. The predicted molar refractivity (Wildman–Crippen MR) is 80.3 cm³/mol. The van der Waals surface area contributed by atoms with Crippen LogP contribution in [0.2, 0.25) is 0 Å². The van der Waals surface area contributed by atoms with Crippen LogP contribution in [0.25, 0.3) is 0 Å². The van der Waals surface area contributed by atoms with E-state index in [9.17, 15) is 12.8 Å². The minimum atomic E-state index is -3.25. The number of hydrogen-bond acceptors (Lipinski definition) is 3. The van der Waals surface area contributed by atoms with E-state index in [4.69, 9.17) is 0 Å². The molecule has 2 aliphatic rings. The van der Waals surface area contributed by atoms with Crippen LogP contribution in [0.3, 0.4) is 0 Å². The first kappa shape index (κ1) is 15.0. The van der Waals surface area contributed by atoms with Crippen LogP contribution in [0.15, 0.2) is 23.1 Å². The molecule has 3 atom stereocenters. The van der Waals surface area contributed by atoms with E-state index < -0.39 is 9.84 Å². The molecule has 0 radical (unpaired) electrons. The second-order valence-electron chi connectivity index (χ2n) is 6.42. The SMILES string of the molecule is CC1CCCC1CNC1CCS(=O)(=O)c2ccc(F)cc21. The van der Waals surface area contributed by atoms with Crippen molar-refractivity contribution in [2.75, 3.05) is 12.3 Å². The Morgan fingerprint density at radius 2 is 2.10 bits per heavy atom. The first-order valence-corrected chi connectivity index (χ1v) is 9.38. The van der Waals surface area contributed by atoms with Crippen LogP contribution in [0.1, 0.15) is 44.2 Å². The zero-order chi connectivity index (χ0) is 15.0. The Balaban J connectivity index is 1.80. The topological polar surface area (TPSA) is 46.2 Å². The molecule has 1 N–H and O–H groups in total. The molecule has 1 saturated carbocycles. The Bertz CT molecular complexity index is 629. The van der Waals surface area contributed by atoms with Crippen LogP contribution in [-0.2, 0) is 9.84 Å². The maximum atomic E-state index is 13.5. The van der Waals surface area contributed by atoms with Gasteiger partial charge in [0.1, 0.15) is 5.82 Å². The van der Waals surface area contributed by atoms with E-state index in [2.05, 4.69) is 12.2 Å². The van der Waals surface area contributed by atoms with Gasteiger partial charge >= 0.3 is 0 Å². The highest BCUT2D eigenvalue weighted by Crippen LogP contribution is 2.35. The summed E-state index contributed by atoms with van der Waals surface area (Å²) in [4.78, 5) is 0.298. The van der Waals surface area contributed by atoms with Crippen molar-refractivity contribution in [2.45, 2.75) is 43.5 Å². The Morgan fingerprint density at radius 1 is 1.29 bits per heavy atom. The van der Waals surface area contributed by atoms with Crippen molar-refractivity contribution in [3.8, 4) is 0 Å². The van der Waals surface area contributed by atoms with Gasteiger partial charge in [-0.15, -0.1) is 0 Å². The third kappa shape index (κ3) is 2.99. The molecule has 3 unspecified atom stereocenters. The van der Waals surface area contributed by atoms with Crippen molar-refractivity contribution < 1.29 is 12.8 Å². The van der Waals surface area contributed by atoms with E-state index in [1.165, 1.54) is 37.5 Å². The number of nitrogens with one attached hydrogen (secondary N) is 1. The van der Waals surface area contributed by atoms with Crippen LogP contribution >= 0.6 is 0 Å². The Kier molecular flexibility index (Phi) is 4.06. The maximum Gasteiger partial charge on any atom is 0.178 e. The van der Waals surface area contributed by atoms with E-state index in [1.807, 2.05) is 0 Å². The van der Waals surface area contributed by atoms with E-state index >= 15 is 0 Å². The molecule has 3 nitrogen and oxygen atoms in total. The quantitative estimate of drug-likeness (QED) is 0.873. The fraction of sp³-hybridized carbons (Fsp3) is 0.625. The molecule has 0 spiro atoms. The average Bonchev–Trinajstić information content (AvgIpc) is 2.83. The van der Waals surface area contributed by atoms with Gasteiger partial charge in [-0.05, 0) is 55.0 Å². The zero-order valence-corrected chi connectivity index (χ0v) is 13.1. The van der Waals surface area contributed by atoms with Gasteiger partial charge in [-0.25, -0.2) is 12.8 Å². The molecule has 1 heterocycles. The number of benzene rings is 1. The highest BCUT2D eigenvalue weighted by molar-refractivity contribution is 7.91. The molecule has 0 bridgehead atoms. The monoisotopic (exact) mass is 311 g/mol. The Morgan fingerprint density at radius 3 is 2.81 bits per heavy atom. The van der Waals surface area contributed by atoms with Crippen LogP contribution < -0.4 is 5.32 Å². The molecule has 0 saturated heterocycles. The van der Waals surface area contributed by atoms with Crippen molar-refractivity contribution in [2.24, 2.45) is 11.8 Å². The lowest BCUT2D eigenvalue weighted by atomic mass is 9.96. The van der Waals surface area contributed by atoms with Gasteiger partial charge in [-0.2, -0.15) is 0 Å². The molecule has 0 amide bonds. The van der Waals surface area contributed by atoms with Crippen molar-refractivity contribution in [1.29, 1.82) is 0 Å². The van der Waals surface area contributed by atoms with Gasteiger partial charge in [0.25, 0.3) is 0 Å². The Labute approximate surface area is 125 Å². The molecule has 1 aliphatic carbocycles. The first-order chi connectivity index (χ1) is 9.97. The largest absolute Gasteiger partial charge is 0.310 e. The van der Waals surface area contributed by atoms with Crippen LogP contribution in [-0.4, -0.2) is 20.7 Å². The lowest BCUT2D eigenvalue weighted by Crippen LogP contribution is -2.33. The van der Waals surface area contributed by atoms with Crippen LogP contribution in [0.4, 0.5) is 4.39 Å².